The van der Waals surface area contributed by atoms with Crippen LogP contribution in [0.25, 0.3) is 22.4 Å². The van der Waals surface area contributed by atoms with E-state index in [0.29, 0.717) is 12.6 Å². The van der Waals surface area contributed by atoms with Gasteiger partial charge < -0.3 is 9.47 Å². The molecule has 0 saturated heterocycles. The molecule has 1 aromatic heterocycles. The van der Waals surface area contributed by atoms with Crippen LogP contribution in [-0.2, 0) is 11.3 Å². The van der Waals surface area contributed by atoms with Gasteiger partial charge in [-0.1, -0.05) is 61.7 Å². The van der Waals surface area contributed by atoms with Crippen molar-refractivity contribution < 1.29 is 4.79 Å². The van der Waals surface area contributed by atoms with Gasteiger partial charge in [0.05, 0.1) is 11.0 Å². The van der Waals surface area contributed by atoms with E-state index in [1.165, 1.54) is 19.3 Å². The number of hydrogen-bond donors (Lipinski definition) is 0. The topological polar surface area (TPSA) is 38.1 Å². The van der Waals surface area contributed by atoms with Crippen LogP contribution in [0.3, 0.4) is 0 Å². The third-order valence-corrected chi connectivity index (χ3v) is 5.50. The summed E-state index contributed by atoms with van der Waals surface area (Å²) in [6.45, 7) is 0.331. The Kier molecular flexibility index (Phi) is 4.74. The number of fused-ring (bicyclic) bond motifs is 1. The highest BCUT2D eigenvalue weighted by Gasteiger charge is 2.23. The highest BCUT2D eigenvalue weighted by molar-refractivity contribution is 5.84. The van der Waals surface area contributed by atoms with Crippen molar-refractivity contribution in [2.45, 2.75) is 44.7 Å². The van der Waals surface area contributed by atoms with E-state index in [9.17, 15) is 4.79 Å². The fraction of sp³-hybridized carbons (Fsp3) is 0.364. The number of carbonyl (C=O) groups is 1. The number of carbonyl (C=O) groups excluding carboxylic acids is 1. The van der Waals surface area contributed by atoms with E-state index < -0.39 is 0 Å². The molecule has 26 heavy (non-hydrogen) atoms. The maximum absolute atomic E-state index is 13.0. The Morgan fingerprint density at radius 1 is 1.04 bits per heavy atom. The number of aromatic nitrogens is 2. The van der Waals surface area contributed by atoms with Crippen molar-refractivity contribution in [2.24, 2.45) is 0 Å². The van der Waals surface area contributed by atoms with Gasteiger partial charge in [-0.05, 0) is 25.0 Å². The third kappa shape index (κ3) is 3.24. The van der Waals surface area contributed by atoms with Crippen LogP contribution in [-0.4, -0.2) is 33.4 Å². The second-order valence-electron chi connectivity index (χ2n) is 7.17. The number of likely N-dealkylation sites (N-methyl/N-ethyl adjacent to an activating group) is 1. The number of rotatable bonds is 4. The van der Waals surface area contributed by atoms with E-state index in [-0.39, 0.29) is 5.91 Å². The summed E-state index contributed by atoms with van der Waals surface area (Å²) >= 11 is 0. The van der Waals surface area contributed by atoms with Crippen LogP contribution in [0.1, 0.15) is 32.1 Å². The maximum atomic E-state index is 13.0. The molecule has 0 atom stereocenters. The monoisotopic (exact) mass is 347 g/mol. The molecule has 0 bridgehead atoms. The quantitative estimate of drug-likeness (QED) is 0.697. The summed E-state index contributed by atoms with van der Waals surface area (Å²) in [7, 11) is 1.96. The molecule has 4 heteroatoms. The predicted molar refractivity (Wildman–Crippen MR) is 105 cm³/mol. The lowest BCUT2D eigenvalue weighted by Crippen LogP contribution is -2.40. The zero-order valence-electron chi connectivity index (χ0n) is 15.3. The fourth-order valence-corrected chi connectivity index (χ4v) is 3.96. The van der Waals surface area contributed by atoms with Crippen molar-refractivity contribution in [3.8, 4) is 11.4 Å². The molecule has 2 aromatic carbocycles. The molecule has 1 amide bonds. The van der Waals surface area contributed by atoms with Crippen molar-refractivity contribution in [3.05, 3.63) is 54.6 Å². The van der Waals surface area contributed by atoms with Crippen LogP contribution in [0.15, 0.2) is 54.6 Å². The van der Waals surface area contributed by atoms with Crippen molar-refractivity contribution in [2.75, 3.05) is 7.05 Å². The average Bonchev–Trinajstić information content (AvgIpc) is 3.07. The Bertz CT molecular complexity index is 894. The summed E-state index contributed by atoms with van der Waals surface area (Å²) in [6.07, 6.45) is 6.00. The molecule has 1 saturated carbocycles. The molecule has 0 unspecified atom stereocenters. The first-order chi connectivity index (χ1) is 12.7. The van der Waals surface area contributed by atoms with Gasteiger partial charge in [0.1, 0.15) is 12.4 Å². The minimum Gasteiger partial charge on any atom is -0.341 e. The van der Waals surface area contributed by atoms with Gasteiger partial charge in [0.2, 0.25) is 5.91 Å². The third-order valence-electron chi connectivity index (χ3n) is 5.50. The Balaban J connectivity index is 1.67. The van der Waals surface area contributed by atoms with Crippen LogP contribution in [0.5, 0.6) is 0 Å². The molecule has 4 nitrogen and oxygen atoms in total. The van der Waals surface area contributed by atoms with Gasteiger partial charge in [0.15, 0.2) is 0 Å². The summed E-state index contributed by atoms with van der Waals surface area (Å²) < 4.78 is 2.06. The van der Waals surface area contributed by atoms with E-state index in [2.05, 4.69) is 4.57 Å². The van der Waals surface area contributed by atoms with Crippen LogP contribution in [0.2, 0.25) is 0 Å². The average molecular weight is 347 g/mol. The van der Waals surface area contributed by atoms with E-state index >= 15 is 0 Å². The molecule has 1 heterocycles. The zero-order chi connectivity index (χ0) is 17.9. The lowest BCUT2D eigenvalue weighted by Gasteiger charge is -2.31. The summed E-state index contributed by atoms with van der Waals surface area (Å²) in [5, 5.41) is 0. The summed E-state index contributed by atoms with van der Waals surface area (Å²) in [5.41, 5.74) is 2.98. The highest BCUT2D eigenvalue weighted by atomic mass is 16.2. The molecule has 1 fully saturated rings. The van der Waals surface area contributed by atoms with Crippen molar-refractivity contribution in [3.63, 3.8) is 0 Å². The summed E-state index contributed by atoms with van der Waals surface area (Å²) in [6, 6.07) is 18.5. The van der Waals surface area contributed by atoms with Crippen molar-refractivity contribution in [1.29, 1.82) is 0 Å². The van der Waals surface area contributed by atoms with Gasteiger partial charge in [0, 0.05) is 18.7 Å². The van der Waals surface area contributed by atoms with E-state index in [4.69, 9.17) is 4.98 Å². The van der Waals surface area contributed by atoms with Crippen LogP contribution in [0, 0.1) is 0 Å². The molecular weight excluding hydrogens is 322 g/mol. The molecule has 0 aliphatic heterocycles. The number of hydrogen-bond acceptors (Lipinski definition) is 2. The first kappa shape index (κ1) is 16.8. The number of para-hydroxylation sites is 2. The van der Waals surface area contributed by atoms with E-state index in [1.54, 1.807) is 0 Å². The minimum atomic E-state index is 0.164. The standard InChI is InChI=1S/C22H25N3O/c1-24(18-12-6-3-7-13-18)21(26)16-25-20-15-9-8-14-19(20)23-22(25)17-10-4-2-5-11-17/h2,4-5,8-11,14-15,18H,3,6-7,12-13,16H2,1H3. The molecule has 0 radical (unpaired) electrons. The largest absolute Gasteiger partial charge is 0.341 e. The van der Waals surface area contributed by atoms with Crippen LogP contribution < -0.4 is 0 Å². The Morgan fingerprint density at radius 2 is 1.73 bits per heavy atom. The van der Waals surface area contributed by atoms with Gasteiger partial charge in [-0.3, -0.25) is 4.79 Å². The normalized spacial score (nSPS) is 15.3. The molecular formula is C22H25N3O. The number of benzene rings is 2. The maximum Gasteiger partial charge on any atom is 0.242 e. The van der Waals surface area contributed by atoms with Gasteiger partial charge >= 0.3 is 0 Å². The van der Waals surface area contributed by atoms with E-state index in [1.807, 2.05) is 66.5 Å². The van der Waals surface area contributed by atoms with Crippen LogP contribution in [0.4, 0.5) is 0 Å². The second-order valence-corrected chi connectivity index (χ2v) is 7.17. The predicted octanol–water partition coefficient (Wildman–Crippen LogP) is 4.49. The van der Waals surface area contributed by atoms with Crippen LogP contribution >= 0.6 is 0 Å². The molecule has 134 valence electrons. The van der Waals surface area contributed by atoms with Gasteiger partial charge in [-0.15, -0.1) is 0 Å². The number of imidazole rings is 1. The first-order valence-electron chi connectivity index (χ1n) is 9.50. The number of nitrogens with zero attached hydrogens (tertiary/aromatic N) is 3. The van der Waals surface area contributed by atoms with Crippen molar-refractivity contribution in [1.82, 2.24) is 14.5 Å². The smallest absolute Gasteiger partial charge is 0.242 e. The molecule has 0 spiro atoms. The molecule has 1 aliphatic carbocycles. The Labute approximate surface area is 154 Å². The lowest BCUT2D eigenvalue weighted by molar-refractivity contribution is -0.133. The SMILES string of the molecule is CN(C(=O)Cn1c(-c2ccccc2)nc2ccccc21)C1CCCCC1. The molecule has 4 rings (SSSR count). The summed E-state index contributed by atoms with van der Waals surface area (Å²) in [5.74, 6) is 1.02. The molecule has 0 N–H and O–H groups in total. The first-order valence-corrected chi connectivity index (χ1v) is 9.50. The van der Waals surface area contributed by atoms with Gasteiger partial charge in [0.25, 0.3) is 0 Å². The Hall–Kier alpha value is -2.62. The van der Waals surface area contributed by atoms with Gasteiger partial charge in [-0.2, -0.15) is 0 Å². The van der Waals surface area contributed by atoms with Crippen molar-refractivity contribution >= 4 is 16.9 Å². The molecule has 1 aliphatic rings. The van der Waals surface area contributed by atoms with Gasteiger partial charge in [-0.25, -0.2) is 4.98 Å². The summed E-state index contributed by atoms with van der Waals surface area (Å²) in [4.78, 5) is 19.8. The minimum absolute atomic E-state index is 0.164. The molecule has 3 aromatic rings. The number of amides is 1. The van der Waals surface area contributed by atoms with E-state index in [0.717, 1.165) is 35.3 Å². The zero-order valence-corrected chi connectivity index (χ0v) is 15.3. The highest BCUT2D eigenvalue weighted by Crippen LogP contribution is 2.26. The second kappa shape index (κ2) is 7.32. The fourth-order valence-electron chi connectivity index (χ4n) is 3.96. The Morgan fingerprint density at radius 3 is 2.50 bits per heavy atom. The lowest BCUT2D eigenvalue weighted by atomic mass is 9.94.